The van der Waals surface area contributed by atoms with Crippen molar-refractivity contribution in [1.82, 2.24) is 10.6 Å². The lowest BCUT2D eigenvalue weighted by atomic mass is 10.1. The maximum atomic E-state index is 11.6. The van der Waals surface area contributed by atoms with Crippen molar-refractivity contribution in [3.63, 3.8) is 0 Å². The van der Waals surface area contributed by atoms with E-state index in [1.54, 1.807) is 0 Å². The average Bonchev–Trinajstić information content (AvgIpc) is 2.35. The molecule has 20 heavy (non-hydrogen) atoms. The fourth-order valence-corrected chi connectivity index (χ4v) is 1.20. The van der Waals surface area contributed by atoms with Gasteiger partial charge >= 0.3 is 11.9 Å². The van der Waals surface area contributed by atoms with Crippen molar-refractivity contribution >= 4 is 23.8 Å². The van der Waals surface area contributed by atoms with Crippen molar-refractivity contribution in [2.24, 2.45) is 5.73 Å². The van der Waals surface area contributed by atoms with Gasteiger partial charge < -0.3 is 26.6 Å². The van der Waals surface area contributed by atoms with Crippen LogP contribution in [0.25, 0.3) is 0 Å². The van der Waals surface area contributed by atoms with Crippen molar-refractivity contribution in [3.05, 3.63) is 0 Å². The number of hydrogen-bond acceptors (Lipinski definition) is 5. The first-order chi connectivity index (χ1) is 9.15. The van der Waals surface area contributed by atoms with Gasteiger partial charge in [0.25, 0.3) is 0 Å². The van der Waals surface area contributed by atoms with Gasteiger partial charge in [0.1, 0.15) is 12.1 Å². The van der Waals surface area contributed by atoms with Crippen LogP contribution in [0.4, 0.5) is 0 Å². The van der Waals surface area contributed by atoms with E-state index in [-0.39, 0.29) is 12.8 Å². The predicted octanol–water partition coefficient (Wildman–Crippen LogP) is -1.73. The summed E-state index contributed by atoms with van der Waals surface area (Å²) in [6, 6.07) is -3.10. The molecule has 0 saturated carbocycles. The van der Waals surface area contributed by atoms with Gasteiger partial charge in [0, 0.05) is 6.42 Å². The van der Waals surface area contributed by atoms with Gasteiger partial charge in [0.05, 0.1) is 6.04 Å². The van der Waals surface area contributed by atoms with Crippen molar-refractivity contribution in [3.8, 4) is 0 Å². The molecule has 0 heterocycles. The Labute approximate surface area is 115 Å². The summed E-state index contributed by atoms with van der Waals surface area (Å²) in [5.74, 6) is -3.61. The highest BCUT2D eigenvalue weighted by atomic mass is 16.4. The zero-order valence-corrected chi connectivity index (χ0v) is 11.3. The number of nitrogens with two attached hydrogens (primary N) is 1. The number of carboxylic acids is 2. The molecule has 2 amide bonds. The zero-order chi connectivity index (χ0) is 15.9. The molecule has 0 aromatic carbocycles. The average molecular weight is 289 g/mol. The van der Waals surface area contributed by atoms with Gasteiger partial charge in [-0.15, -0.1) is 0 Å². The van der Waals surface area contributed by atoms with Crippen LogP contribution in [0.5, 0.6) is 0 Å². The van der Waals surface area contributed by atoms with Crippen LogP contribution in [0.15, 0.2) is 0 Å². The Morgan fingerprint density at radius 2 is 1.50 bits per heavy atom. The molecule has 6 N–H and O–H groups in total. The zero-order valence-electron chi connectivity index (χ0n) is 11.3. The minimum Gasteiger partial charge on any atom is -0.481 e. The van der Waals surface area contributed by atoms with E-state index in [1.165, 1.54) is 13.8 Å². The second kappa shape index (κ2) is 8.10. The summed E-state index contributed by atoms with van der Waals surface area (Å²) < 4.78 is 0. The first-order valence-electron chi connectivity index (χ1n) is 5.96. The Kier molecular flexibility index (Phi) is 7.22. The van der Waals surface area contributed by atoms with Gasteiger partial charge in [-0.25, -0.2) is 0 Å². The molecule has 3 atom stereocenters. The van der Waals surface area contributed by atoms with E-state index in [2.05, 4.69) is 10.6 Å². The Hall–Kier alpha value is -2.16. The van der Waals surface area contributed by atoms with Crippen molar-refractivity contribution in [2.75, 3.05) is 0 Å². The molecule has 0 aliphatic carbocycles. The SMILES string of the molecule is C[C@H](NC(=O)[C@H](C)NC(=O)[C@H](N)CCC(=O)O)C(=O)O. The number of amides is 2. The van der Waals surface area contributed by atoms with Gasteiger partial charge in [-0.05, 0) is 20.3 Å². The molecule has 0 radical (unpaired) electrons. The van der Waals surface area contributed by atoms with Crippen molar-refractivity contribution in [1.29, 1.82) is 0 Å². The third-order valence-electron chi connectivity index (χ3n) is 2.49. The molecular weight excluding hydrogens is 270 g/mol. The Morgan fingerprint density at radius 3 is 1.95 bits per heavy atom. The van der Waals surface area contributed by atoms with Gasteiger partial charge in [0.15, 0.2) is 0 Å². The van der Waals surface area contributed by atoms with Gasteiger partial charge in [0.2, 0.25) is 11.8 Å². The molecule has 0 fully saturated rings. The number of carbonyl (C=O) groups is 4. The summed E-state index contributed by atoms with van der Waals surface area (Å²) >= 11 is 0. The number of carbonyl (C=O) groups excluding carboxylic acids is 2. The quantitative estimate of drug-likeness (QED) is 0.355. The lowest BCUT2D eigenvalue weighted by Crippen LogP contribution is -2.52. The molecule has 9 heteroatoms. The Bertz CT molecular complexity index is 398. The molecule has 114 valence electrons. The summed E-state index contributed by atoms with van der Waals surface area (Å²) in [4.78, 5) is 44.0. The largest absolute Gasteiger partial charge is 0.481 e. The number of rotatable bonds is 8. The second-order valence-electron chi connectivity index (χ2n) is 4.34. The molecule has 0 aromatic heterocycles. The molecule has 0 unspecified atom stereocenters. The van der Waals surface area contributed by atoms with Crippen molar-refractivity contribution < 1.29 is 29.4 Å². The second-order valence-corrected chi connectivity index (χ2v) is 4.34. The van der Waals surface area contributed by atoms with E-state index in [4.69, 9.17) is 15.9 Å². The molecule has 0 spiro atoms. The van der Waals surface area contributed by atoms with Crippen LogP contribution in [0.1, 0.15) is 26.7 Å². The molecule has 0 saturated heterocycles. The standard InChI is InChI=1S/C11H19N3O6/c1-5(9(17)14-6(2)11(19)20)13-10(18)7(12)3-4-8(15)16/h5-7H,3-4,12H2,1-2H3,(H,13,18)(H,14,17)(H,15,16)(H,19,20)/t5-,6-,7+/m0/s1. The van der Waals surface area contributed by atoms with Crippen LogP contribution >= 0.6 is 0 Å². The van der Waals surface area contributed by atoms with Crippen LogP contribution < -0.4 is 16.4 Å². The van der Waals surface area contributed by atoms with Crippen LogP contribution in [0, 0.1) is 0 Å². The smallest absolute Gasteiger partial charge is 0.325 e. The van der Waals surface area contributed by atoms with E-state index in [0.29, 0.717) is 0 Å². The van der Waals surface area contributed by atoms with Crippen LogP contribution in [-0.4, -0.2) is 52.1 Å². The van der Waals surface area contributed by atoms with E-state index >= 15 is 0 Å². The Morgan fingerprint density at radius 1 is 1.00 bits per heavy atom. The van der Waals surface area contributed by atoms with Crippen molar-refractivity contribution in [2.45, 2.75) is 44.8 Å². The molecule has 0 aromatic rings. The number of carboxylic acid groups (broad SMARTS) is 2. The lowest BCUT2D eigenvalue weighted by Gasteiger charge is -2.18. The van der Waals surface area contributed by atoms with Gasteiger partial charge in [-0.3, -0.25) is 19.2 Å². The minimum atomic E-state index is -1.20. The third-order valence-corrected chi connectivity index (χ3v) is 2.49. The topological polar surface area (TPSA) is 159 Å². The van der Waals surface area contributed by atoms with E-state index in [1.807, 2.05) is 0 Å². The van der Waals surface area contributed by atoms with E-state index in [9.17, 15) is 19.2 Å². The molecule has 9 nitrogen and oxygen atoms in total. The summed E-state index contributed by atoms with van der Waals surface area (Å²) in [7, 11) is 0. The van der Waals surface area contributed by atoms with Gasteiger partial charge in [-0.2, -0.15) is 0 Å². The maximum Gasteiger partial charge on any atom is 0.325 e. The number of aliphatic carboxylic acids is 2. The van der Waals surface area contributed by atoms with Crippen LogP contribution in [0.2, 0.25) is 0 Å². The monoisotopic (exact) mass is 289 g/mol. The highest BCUT2D eigenvalue weighted by Crippen LogP contribution is 1.96. The molecule has 0 aliphatic rings. The third kappa shape index (κ3) is 6.69. The molecular formula is C11H19N3O6. The first kappa shape index (κ1) is 17.8. The predicted molar refractivity (Wildman–Crippen MR) is 67.7 cm³/mol. The van der Waals surface area contributed by atoms with Gasteiger partial charge in [-0.1, -0.05) is 0 Å². The summed E-state index contributed by atoms with van der Waals surface area (Å²) in [5.41, 5.74) is 5.46. The molecule has 0 rings (SSSR count). The summed E-state index contributed by atoms with van der Waals surface area (Å²) in [5, 5.41) is 21.6. The fourth-order valence-electron chi connectivity index (χ4n) is 1.20. The first-order valence-corrected chi connectivity index (χ1v) is 5.96. The van der Waals surface area contributed by atoms with Crippen LogP contribution in [0.3, 0.4) is 0 Å². The van der Waals surface area contributed by atoms with Crippen LogP contribution in [-0.2, 0) is 19.2 Å². The summed E-state index contributed by atoms with van der Waals surface area (Å²) in [6.07, 6.45) is -0.313. The maximum absolute atomic E-state index is 11.6. The molecule has 0 bridgehead atoms. The molecule has 0 aliphatic heterocycles. The number of hydrogen-bond donors (Lipinski definition) is 5. The number of nitrogens with one attached hydrogen (secondary N) is 2. The van der Waals surface area contributed by atoms with E-state index < -0.39 is 41.9 Å². The highest BCUT2D eigenvalue weighted by molar-refractivity contribution is 5.91. The summed E-state index contributed by atoms with van der Waals surface area (Å²) in [6.45, 7) is 2.65. The highest BCUT2D eigenvalue weighted by Gasteiger charge is 2.23. The van der Waals surface area contributed by atoms with E-state index in [0.717, 1.165) is 0 Å². The Balaban J connectivity index is 4.27. The lowest BCUT2D eigenvalue weighted by molar-refractivity contribution is -0.141. The minimum absolute atomic E-state index is 0.0545. The normalized spacial score (nSPS) is 14.8. The fraction of sp³-hybridized carbons (Fsp3) is 0.636.